The Morgan fingerprint density at radius 2 is 2.00 bits per heavy atom. The van der Waals surface area contributed by atoms with E-state index in [0.717, 1.165) is 17.8 Å². The SMILES string of the molecule is C/C=C\C(CCC)OC.C=C(C)/C=C(/C)OP. The van der Waals surface area contributed by atoms with E-state index < -0.39 is 0 Å². The topological polar surface area (TPSA) is 18.5 Å². The molecule has 0 aliphatic rings. The Balaban J connectivity index is 0. The Bertz CT molecular complexity index is 245. The van der Waals surface area contributed by atoms with Gasteiger partial charge in [-0.3, -0.25) is 0 Å². The largest absolute Gasteiger partial charge is 0.485 e. The molecule has 100 valence electrons. The third-order valence-corrected chi connectivity index (χ3v) is 2.29. The fourth-order valence-electron chi connectivity index (χ4n) is 1.17. The summed E-state index contributed by atoms with van der Waals surface area (Å²) in [6.45, 7) is 11.7. The summed E-state index contributed by atoms with van der Waals surface area (Å²) in [5, 5.41) is 0. The van der Waals surface area contributed by atoms with Gasteiger partial charge in [0.1, 0.15) is 0 Å². The molecule has 17 heavy (non-hydrogen) atoms. The summed E-state index contributed by atoms with van der Waals surface area (Å²) in [7, 11) is 3.93. The Kier molecular flexibility index (Phi) is 14.9. The summed E-state index contributed by atoms with van der Waals surface area (Å²) < 4.78 is 9.92. The standard InChI is InChI=1S/C8H16O.C6H11OP/c1-4-6-8(9-3)7-5-2;1-5(2)4-6(3)7-8/h4,6,8H,5,7H2,1-3H3;4H,1,8H2,2-3H3/b2*6-4-. The second-order valence-corrected chi connectivity index (χ2v) is 4.04. The summed E-state index contributed by atoms with van der Waals surface area (Å²) in [6.07, 6.45) is 8.63. The first-order valence-electron chi connectivity index (χ1n) is 5.87. The highest BCUT2D eigenvalue weighted by atomic mass is 31.0. The molecule has 0 aromatic carbocycles. The monoisotopic (exact) mass is 258 g/mol. The van der Waals surface area contributed by atoms with Crippen LogP contribution >= 0.6 is 9.47 Å². The van der Waals surface area contributed by atoms with Crippen molar-refractivity contribution in [2.24, 2.45) is 0 Å². The van der Waals surface area contributed by atoms with Crippen LogP contribution in [0.5, 0.6) is 0 Å². The molecule has 2 unspecified atom stereocenters. The Labute approximate surface area is 109 Å². The van der Waals surface area contributed by atoms with Crippen LogP contribution in [0.2, 0.25) is 0 Å². The third-order valence-electron chi connectivity index (χ3n) is 1.92. The molecule has 0 amide bonds. The maximum Gasteiger partial charge on any atom is 0.0963 e. The number of rotatable bonds is 6. The molecule has 0 bridgehead atoms. The first-order valence-corrected chi connectivity index (χ1v) is 6.35. The van der Waals surface area contributed by atoms with Crippen molar-refractivity contribution in [2.45, 2.75) is 46.6 Å². The van der Waals surface area contributed by atoms with Gasteiger partial charge in [-0.05, 0) is 33.3 Å². The molecular formula is C14H27O2P. The van der Waals surface area contributed by atoms with Crippen LogP contribution in [0.25, 0.3) is 0 Å². The van der Waals surface area contributed by atoms with E-state index in [4.69, 9.17) is 9.26 Å². The molecule has 0 aliphatic carbocycles. The third kappa shape index (κ3) is 15.4. The van der Waals surface area contributed by atoms with Gasteiger partial charge in [0.15, 0.2) is 0 Å². The number of ether oxygens (including phenoxy) is 1. The predicted octanol–water partition coefficient (Wildman–Crippen LogP) is 4.65. The van der Waals surface area contributed by atoms with Crippen LogP contribution in [0.3, 0.4) is 0 Å². The van der Waals surface area contributed by atoms with Gasteiger partial charge in [-0.25, -0.2) is 0 Å². The highest BCUT2D eigenvalue weighted by Gasteiger charge is 1.97. The van der Waals surface area contributed by atoms with Gasteiger partial charge in [-0.15, -0.1) is 0 Å². The summed E-state index contributed by atoms with van der Waals surface area (Å²) in [5.41, 5.74) is 1.00. The normalized spacial score (nSPS) is 12.9. The Morgan fingerprint density at radius 3 is 2.24 bits per heavy atom. The lowest BCUT2D eigenvalue weighted by Crippen LogP contribution is -2.04. The fourth-order valence-corrected chi connectivity index (χ4v) is 1.24. The van der Waals surface area contributed by atoms with Gasteiger partial charge in [0, 0.05) is 7.11 Å². The molecule has 0 N–H and O–H groups in total. The molecule has 2 atom stereocenters. The molecule has 0 saturated heterocycles. The van der Waals surface area contributed by atoms with Crippen LogP contribution in [0, 0.1) is 0 Å². The highest BCUT2D eigenvalue weighted by Crippen LogP contribution is 2.03. The number of methoxy groups -OCH3 is 1. The van der Waals surface area contributed by atoms with Crippen LogP contribution in [0.1, 0.15) is 40.5 Å². The van der Waals surface area contributed by atoms with Gasteiger partial charge in [0.05, 0.1) is 21.3 Å². The smallest absolute Gasteiger partial charge is 0.0963 e. The molecule has 0 radical (unpaired) electrons. The molecule has 0 fully saturated rings. The van der Waals surface area contributed by atoms with Crippen molar-refractivity contribution in [3.63, 3.8) is 0 Å². The van der Waals surface area contributed by atoms with Crippen molar-refractivity contribution in [3.05, 3.63) is 36.1 Å². The second kappa shape index (κ2) is 13.5. The van der Waals surface area contributed by atoms with E-state index in [2.05, 4.69) is 29.0 Å². The van der Waals surface area contributed by atoms with Crippen molar-refractivity contribution in [2.75, 3.05) is 7.11 Å². The fraction of sp³-hybridized carbons (Fsp3) is 0.571. The maximum atomic E-state index is 5.14. The zero-order valence-corrected chi connectivity index (χ0v) is 13.0. The average Bonchev–Trinajstić information content (AvgIpc) is 2.28. The first-order chi connectivity index (χ1) is 8.01. The molecule has 0 aromatic heterocycles. The summed E-state index contributed by atoms with van der Waals surface area (Å²) in [6, 6.07) is 0. The maximum absolute atomic E-state index is 5.14. The quantitative estimate of drug-likeness (QED) is 0.299. The van der Waals surface area contributed by atoms with Crippen molar-refractivity contribution >= 4 is 9.47 Å². The van der Waals surface area contributed by atoms with Crippen molar-refractivity contribution < 1.29 is 9.26 Å². The van der Waals surface area contributed by atoms with E-state index in [9.17, 15) is 0 Å². The van der Waals surface area contributed by atoms with E-state index in [1.165, 1.54) is 6.42 Å². The van der Waals surface area contributed by atoms with Crippen LogP contribution in [0.4, 0.5) is 0 Å². The summed E-state index contributed by atoms with van der Waals surface area (Å²) in [5.74, 6) is 0.863. The molecule has 0 rings (SSSR count). The number of hydrogen-bond donors (Lipinski definition) is 0. The van der Waals surface area contributed by atoms with Crippen LogP contribution in [0.15, 0.2) is 36.1 Å². The first kappa shape index (κ1) is 18.8. The zero-order chi connectivity index (χ0) is 13.7. The minimum atomic E-state index is 0.333. The number of allylic oxidation sites excluding steroid dienone is 4. The van der Waals surface area contributed by atoms with Crippen molar-refractivity contribution in [1.82, 2.24) is 0 Å². The van der Waals surface area contributed by atoms with E-state index in [1.54, 1.807) is 7.11 Å². The average molecular weight is 258 g/mol. The summed E-state index contributed by atoms with van der Waals surface area (Å²) in [4.78, 5) is 0. The van der Waals surface area contributed by atoms with Gasteiger partial charge in [-0.2, -0.15) is 0 Å². The van der Waals surface area contributed by atoms with Gasteiger partial charge >= 0.3 is 0 Å². The molecule has 0 aromatic rings. The highest BCUT2D eigenvalue weighted by molar-refractivity contribution is 7.10. The second-order valence-electron chi connectivity index (χ2n) is 3.81. The van der Waals surface area contributed by atoms with Crippen LogP contribution < -0.4 is 0 Å². The molecule has 0 aliphatic heterocycles. The molecule has 0 saturated carbocycles. The lowest BCUT2D eigenvalue weighted by molar-refractivity contribution is 0.133. The molecule has 3 heteroatoms. The zero-order valence-electron chi connectivity index (χ0n) is 11.8. The van der Waals surface area contributed by atoms with Crippen LogP contribution in [-0.2, 0) is 9.26 Å². The van der Waals surface area contributed by atoms with E-state index in [0.29, 0.717) is 6.10 Å². The molecule has 0 spiro atoms. The molecule has 0 heterocycles. The predicted molar refractivity (Wildman–Crippen MR) is 79.9 cm³/mol. The van der Waals surface area contributed by atoms with Crippen molar-refractivity contribution in [3.8, 4) is 0 Å². The lowest BCUT2D eigenvalue weighted by atomic mass is 10.2. The Morgan fingerprint density at radius 1 is 1.41 bits per heavy atom. The van der Waals surface area contributed by atoms with E-state index >= 15 is 0 Å². The minimum absolute atomic E-state index is 0.333. The Hall–Kier alpha value is -0.590. The van der Waals surface area contributed by atoms with Gasteiger partial charge in [0.2, 0.25) is 0 Å². The molecular weight excluding hydrogens is 231 g/mol. The van der Waals surface area contributed by atoms with E-state index in [-0.39, 0.29) is 0 Å². The van der Waals surface area contributed by atoms with E-state index in [1.807, 2.05) is 32.9 Å². The molecule has 2 nitrogen and oxygen atoms in total. The lowest BCUT2D eigenvalue weighted by Gasteiger charge is -2.07. The van der Waals surface area contributed by atoms with Crippen LogP contribution in [-0.4, -0.2) is 13.2 Å². The van der Waals surface area contributed by atoms with Gasteiger partial charge in [-0.1, -0.05) is 37.6 Å². The number of hydrogen-bond acceptors (Lipinski definition) is 2. The van der Waals surface area contributed by atoms with Crippen molar-refractivity contribution in [1.29, 1.82) is 0 Å². The van der Waals surface area contributed by atoms with Gasteiger partial charge in [0.25, 0.3) is 0 Å². The minimum Gasteiger partial charge on any atom is -0.485 e. The van der Waals surface area contributed by atoms with Gasteiger partial charge < -0.3 is 9.26 Å². The summed E-state index contributed by atoms with van der Waals surface area (Å²) >= 11 is 0.